The molecule has 7 nitrogen and oxygen atoms in total. The molecule has 1 aromatic heterocycles. The van der Waals surface area contributed by atoms with Crippen LogP contribution >= 0.6 is 0 Å². The first-order valence-electron chi connectivity index (χ1n) is 9.08. The highest BCUT2D eigenvalue weighted by molar-refractivity contribution is 6.05. The minimum atomic E-state index is -0.541. The number of hydrazone groups is 1. The molecule has 0 spiro atoms. The Labute approximate surface area is 171 Å². The first-order valence-corrected chi connectivity index (χ1v) is 9.08. The van der Waals surface area contributed by atoms with E-state index < -0.39 is 5.91 Å². The number of nitrogens with one attached hydrogen (secondary N) is 1. The Morgan fingerprint density at radius 2 is 1.63 bits per heavy atom. The topological polar surface area (TPSA) is 100 Å². The lowest BCUT2D eigenvalue weighted by atomic mass is 10.1. The average molecular weight is 393 g/mol. The van der Waals surface area contributed by atoms with Crippen molar-refractivity contribution in [2.75, 3.05) is 0 Å². The molecule has 0 fully saturated rings. The number of carbonyl (C=O) groups is 1. The highest BCUT2D eigenvalue weighted by atomic mass is 16.2. The van der Waals surface area contributed by atoms with Crippen molar-refractivity contribution < 1.29 is 4.79 Å². The van der Waals surface area contributed by atoms with Crippen LogP contribution in [0.15, 0.2) is 88.8 Å². The van der Waals surface area contributed by atoms with Gasteiger partial charge >= 0.3 is 0 Å². The van der Waals surface area contributed by atoms with Crippen molar-refractivity contribution in [2.45, 2.75) is 0 Å². The van der Waals surface area contributed by atoms with Crippen LogP contribution in [0.3, 0.4) is 0 Å². The van der Waals surface area contributed by atoms with Crippen LogP contribution in [0.1, 0.15) is 21.6 Å². The van der Waals surface area contributed by atoms with Gasteiger partial charge in [-0.15, -0.1) is 0 Å². The molecule has 0 saturated carbocycles. The van der Waals surface area contributed by atoms with Crippen LogP contribution in [0.4, 0.5) is 0 Å². The second kappa shape index (κ2) is 8.20. The van der Waals surface area contributed by atoms with E-state index in [0.29, 0.717) is 22.0 Å². The molecular formula is C23H15N5O2. The zero-order valence-corrected chi connectivity index (χ0v) is 15.7. The summed E-state index contributed by atoms with van der Waals surface area (Å²) < 4.78 is 1.21. The zero-order chi connectivity index (χ0) is 20.9. The van der Waals surface area contributed by atoms with Gasteiger partial charge in [-0.1, -0.05) is 48.5 Å². The Balaban J connectivity index is 1.69. The van der Waals surface area contributed by atoms with E-state index in [1.807, 2.05) is 12.1 Å². The minimum Gasteiger partial charge on any atom is -0.267 e. The van der Waals surface area contributed by atoms with Crippen molar-refractivity contribution >= 4 is 22.9 Å². The number of carbonyl (C=O) groups excluding carboxylic acids is 1. The summed E-state index contributed by atoms with van der Waals surface area (Å²) in [6.45, 7) is 0. The monoisotopic (exact) mass is 393 g/mol. The van der Waals surface area contributed by atoms with Gasteiger partial charge in [0.2, 0.25) is 0 Å². The molecule has 0 saturated heterocycles. The van der Waals surface area contributed by atoms with Gasteiger partial charge in [-0.3, -0.25) is 9.59 Å². The lowest BCUT2D eigenvalue weighted by Crippen LogP contribution is -2.28. The number of amides is 1. The van der Waals surface area contributed by atoms with Crippen LogP contribution in [-0.2, 0) is 0 Å². The molecule has 1 heterocycles. The van der Waals surface area contributed by atoms with Gasteiger partial charge in [-0.2, -0.15) is 20.1 Å². The van der Waals surface area contributed by atoms with Crippen molar-refractivity contribution in [3.8, 4) is 11.8 Å². The summed E-state index contributed by atoms with van der Waals surface area (Å²) in [6, 6.07) is 24.5. The molecule has 0 unspecified atom stereocenters. The first kappa shape index (κ1) is 18.8. The fourth-order valence-electron chi connectivity index (χ4n) is 2.96. The SMILES string of the molecule is N#Cc1ccc(/C=N\NC(=O)c2nn(-c3ccccc3)c(=O)c3ccccc23)cc1. The second-order valence-corrected chi connectivity index (χ2v) is 6.38. The lowest BCUT2D eigenvalue weighted by molar-refractivity contribution is 0.0950. The van der Waals surface area contributed by atoms with Crippen molar-refractivity contribution in [1.29, 1.82) is 5.26 Å². The Morgan fingerprint density at radius 1 is 0.967 bits per heavy atom. The van der Waals surface area contributed by atoms with Crippen LogP contribution in [0, 0.1) is 11.3 Å². The van der Waals surface area contributed by atoms with Gasteiger partial charge in [0.1, 0.15) is 0 Å². The van der Waals surface area contributed by atoms with Crippen molar-refractivity contribution in [3.63, 3.8) is 0 Å². The van der Waals surface area contributed by atoms with Gasteiger partial charge < -0.3 is 0 Å². The third-order valence-electron chi connectivity index (χ3n) is 4.44. The molecule has 0 radical (unpaired) electrons. The van der Waals surface area contributed by atoms with Crippen LogP contribution in [0.2, 0.25) is 0 Å². The molecule has 3 aromatic carbocycles. The fourth-order valence-corrected chi connectivity index (χ4v) is 2.96. The molecule has 1 amide bonds. The van der Waals surface area contributed by atoms with Crippen LogP contribution in [0.5, 0.6) is 0 Å². The van der Waals surface area contributed by atoms with Gasteiger partial charge in [0.25, 0.3) is 11.5 Å². The summed E-state index contributed by atoms with van der Waals surface area (Å²) in [6.07, 6.45) is 1.47. The number of hydrogen-bond acceptors (Lipinski definition) is 5. The van der Waals surface area contributed by atoms with Crippen LogP contribution in [-0.4, -0.2) is 21.9 Å². The number of aromatic nitrogens is 2. The van der Waals surface area contributed by atoms with Gasteiger partial charge in [0.05, 0.1) is 28.9 Å². The van der Waals surface area contributed by atoms with Crippen molar-refractivity contribution in [3.05, 3.63) is 106 Å². The Morgan fingerprint density at radius 3 is 2.33 bits per heavy atom. The predicted molar refractivity (Wildman–Crippen MR) is 114 cm³/mol. The van der Waals surface area contributed by atoms with E-state index in [-0.39, 0.29) is 11.3 Å². The summed E-state index contributed by atoms with van der Waals surface area (Å²) >= 11 is 0. The van der Waals surface area contributed by atoms with Gasteiger partial charge in [0.15, 0.2) is 5.69 Å². The highest BCUT2D eigenvalue weighted by Crippen LogP contribution is 2.15. The average Bonchev–Trinajstić information content (AvgIpc) is 2.80. The standard InChI is InChI=1S/C23H15N5O2/c24-14-16-10-12-17(13-11-16)15-25-26-22(29)21-19-8-4-5-9-20(19)23(30)28(27-21)18-6-2-1-3-7-18/h1-13,15H,(H,26,29)/b25-15-. The molecular weight excluding hydrogens is 378 g/mol. The zero-order valence-electron chi connectivity index (χ0n) is 15.7. The molecule has 0 aliphatic carbocycles. The number of rotatable bonds is 4. The highest BCUT2D eigenvalue weighted by Gasteiger charge is 2.17. The minimum absolute atomic E-state index is 0.0889. The number of benzene rings is 3. The largest absolute Gasteiger partial charge is 0.292 e. The normalized spacial score (nSPS) is 10.8. The number of nitriles is 1. The number of para-hydroxylation sites is 1. The molecule has 4 aromatic rings. The molecule has 7 heteroatoms. The van der Waals surface area contributed by atoms with E-state index in [9.17, 15) is 9.59 Å². The number of nitrogens with zero attached hydrogens (tertiary/aromatic N) is 4. The third-order valence-corrected chi connectivity index (χ3v) is 4.44. The summed E-state index contributed by atoms with van der Waals surface area (Å²) in [7, 11) is 0. The lowest BCUT2D eigenvalue weighted by Gasteiger charge is -2.10. The van der Waals surface area contributed by atoms with Crippen LogP contribution < -0.4 is 11.0 Å². The van der Waals surface area contributed by atoms with Gasteiger partial charge in [0, 0.05) is 5.39 Å². The van der Waals surface area contributed by atoms with Gasteiger partial charge in [-0.05, 0) is 35.9 Å². The van der Waals surface area contributed by atoms with Crippen molar-refractivity contribution in [1.82, 2.24) is 15.2 Å². The summed E-state index contributed by atoms with van der Waals surface area (Å²) in [5, 5.41) is 17.9. The van der Waals surface area contributed by atoms with E-state index in [1.165, 1.54) is 10.9 Å². The quantitative estimate of drug-likeness (QED) is 0.425. The molecule has 4 rings (SSSR count). The Bertz CT molecular complexity index is 1350. The summed E-state index contributed by atoms with van der Waals surface area (Å²) in [5.74, 6) is -0.541. The molecule has 1 N–H and O–H groups in total. The van der Waals surface area contributed by atoms with Crippen molar-refractivity contribution in [2.24, 2.45) is 5.10 Å². The summed E-state index contributed by atoms with van der Waals surface area (Å²) in [4.78, 5) is 25.7. The number of fused-ring (bicyclic) bond motifs is 1. The van der Waals surface area contributed by atoms with Crippen LogP contribution in [0.25, 0.3) is 16.5 Å². The molecule has 0 atom stereocenters. The first-order chi connectivity index (χ1) is 14.7. The Hall–Kier alpha value is -4.57. The van der Waals surface area contributed by atoms with E-state index in [4.69, 9.17) is 5.26 Å². The molecule has 0 bridgehead atoms. The molecule has 0 aliphatic rings. The Kier molecular flexibility index (Phi) is 5.14. The maximum absolute atomic E-state index is 12.9. The second-order valence-electron chi connectivity index (χ2n) is 6.38. The number of hydrogen-bond donors (Lipinski definition) is 1. The van der Waals surface area contributed by atoms with E-state index in [1.54, 1.807) is 72.8 Å². The van der Waals surface area contributed by atoms with E-state index in [2.05, 4.69) is 15.6 Å². The maximum Gasteiger partial charge on any atom is 0.292 e. The van der Waals surface area contributed by atoms with Gasteiger partial charge in [-0.25, -0.2) is 5.43 Å². The fraction of sp³-hybridized carbons (Fsp3) is 0. The maximum atomic E-state index is 12.9. The van der Waals surface area contributed by atoms with E-state index >= 15 is 0 Å². The van der Waals surface area contributed by atoms with E-state index in [0.717, 1.165) is 5.56 Å². The molecule has 0 aliphatic heterocycles. The smallest absolute Gasteiger partial charge is 0.267 e. The molecule has 144 valence electrons. The summed E-state index contributed by atoms with van der Waals surface area (Å²) in [5.41, 5.74) is 4.05. The predicted octanol–water partition coefficient (Wildman–Crippen LogP) is 3.02. The molecule has 30 heavy (non-hydrogen) atoms. The third kappa shape index (κ3) is 3.70.